The fraction of sp³-hybridized carbons (Fsp3) is 0.409. The van der Waals surface area contributed by atoms with Crippen LogP contribution in [0.4, 0.5) is 4.39 Å². The molecule has 0 aliphatic carbocycles. The molecule has 0 radical (unpaired) electrons. The first-order chi connectivity index (χ1) is 13.6. The third-order valence-electron chi connectivity index (χ3n) is 5.85. The minimum Gasteiger partial charge on any atom is -0.348 e. The Morgan fingerprint density at radius 1 is 1.21 bits per heavy atom. The van der Waals surface area contributed by atoms with E-state index in [1.54, 1.807) is 12.1 Å². The first-order valence-corrected chi connectivity index (χ1v) is 9.93. The monoisotopic (exact) mass is 382 g/mol. The number of piperidine rings is 1. The highest BCUT2D eigenvalue weighted by Gasteiger charge is 2.40. The van der Waals surface area contributed by atoms with E-state index < -0.39 is 0 Å². The summed E-state index contributed by atoms with van der Waals surface area (Å²) in [6.07, 6.45) is 0.963. The minimum atomic E-state index is -0.218. The van der Waals surface area contributed by atoms with Gasteiger partial charge in [-0.15, -0.1) is 0 Å². The van der Waals surface area contributed by atoms with Crippen molar-refractivity contribution in [3.63, 3.8) is 0 Å². The lowest BCUT2D eigenvalue weighted by atomic mass is 9.85. The van der Waals surface area contributed by atoms with Crippen molar-refractivity contribution < 1.29 is 9.18 Å². The fourth-order valence-corrected chi connectivity index (χ4v) is 4.36. The molecule has 2 heterocycles. The summed E-state index contributed by atoms with van der Waals surface area (Å²) >= 11 is 0. The van der Waals surface area contributed by atoms with Crippen molar-refractivity contribution in [1.29, 1.82) is 0 Å². The summed E-state index contributed by atoms with van der Waals surface area (Å²) in [6.45, 7) is 4.07. The van der Waals surface area contributed by atoms with E-state index >= 15 is 0 Å². The highest BCUT2D eigenvalue weighted by atomic mass is 19.1. The Kier molecular flexibility index (Phi) is 5.71. The number of halogens is 1. The standard InChI is InChI=1S/C22H27FN4O/c1-15(16-6-3-2-4-7-16)24-21(28)14-27-11-10-20-19(13-27)22(26-25-20)17-8-5-9-18(23)12-17/h2-9,12,15,19-20,22,25-26H,10-11,13-14H2,1H3,(H,24,28). The van der Waals surface area contributed by atoms with Gasteiger partial charge in [-0.25, -0.2) is 9.82 Å². The smallest absolute Gasteiger partial charge is 0.234 e. The summed E-state index contributed by atoms with van der Waals surface area (Å²) in [4.78, 5) is 14.8. The lowest BCUT2D eigenvalue weighted by Gasteiger charge is -2.36. The van der Waals surface area contributed by atoms with Gasteiger partial charge >= 0.3 is 0 Å². The Labute approximate surface area is 165 Å². The molecule has 2 fully saturated rings. The molecule has 4 rings (SSSR count). The van der Waals surface area contributed by atoms with Gasteiger partial charge in [-0.3, -0.25) is 15.1 Å². The van der Waals surface area contributed by atoms with Gasteiger partial charge in [0.15, 0.2) is 0 Å². The molecule has 0 bridgehead atoms. The lowest BCUT2D eigenvalue weighted by Crippen LogP contribution is -2.48. The summed E-state index contributed by atoms with van der Waals surface area (Å²) in [7, 11) is 0. The molecule has 3 N–H and O–H groups in total. The molecule has 148 valence electrons. The second-order valence-corrected chi connectivity index (χ2v) is 7.82. The first kappa shape index (κ1) is 19.1. The van der Waals surface area contributed by atoms with Crippen LogP contribution in [0.1, 0.15) is 36.6 Å². The van der Waals surface area contributed by atoms with Gasteiger partial charge in [-0.05, 0) is 36.6 Å². The highest BCUT2D eigenvalue weighted by Crippen LogP contribution is 2.33. The molecule has 28 heavy (non-hydrogen) atoms. The molecule has 2 saturated heterocycles. The van der Waals surface area contributed by atoms with Gasteiger partial charge in [0.25, 0.3) is 0 Å². The zero-order chi connectivity index (χ0) is 19.5. The van der Waals surface area contributed by atoms with Gasteiger partial charge in [0.2, 0.25) is 5.91 Å². The molecular formula is C22H27FN4O. The highest BCUT2D eigenvalue weighted by molar-refractivity contribution is 5.78. The van der Waals surface area contributed by atoms with Crippen LogP contribution in [0.3, 0.4) is 0 Å². The van der Waals surface area contributed by atoms with Crippen molar-refractivity contribution >= 4 is 5.91 Å². The molecular weight excluding hydrogens is 355 g/mol. The average molecular weight is 382 g/mol. The van der Waals surface area contributed by atoms with Crippen LogP contribution in [0.5, 0.6) is 0 Å². The molecule has 1 amide bonds. The average Bonchev–Trinajstić information content (AvgIpc) is 3.12. The maximum atomic E-state index is 13.6. The van der Waals surface area contributed by atoms with Crippen molar-refractivity contribution in [3.8, 4) is 0 Å². The van der Waals surface area contributed by atoms with Gasteiger partial charge in [-0.1, -0.05) is 42.5 Å². The van der Waals surface area contributed by atoms with E-state index in [4.69, 9.17) is 0 Å². The van der Waals surface area contributed by atoms with E-state index in [9.17, 15) is 9.18 Å². The maximum absolute atomic E-state index is 13.6. The van der Waals surface area contributed by atoms with E-state index in [0.29, 0.717) is 18.5 Å². The van der Waals surface area contributed by atoms with Crippen molar-refractivity contribution in [2.24, 2.45) is 5.92 Å². The zero-order valence-corrected chi connectivity index (χ0v) is 16.1. The summed E-state index contributed by atoms with van der Waals surface area (Å²) in [5.41, 5.74) is 8.73. The van der Waals surface area contributed by atoms with Crippen LogP contribution in [0.15, 0.2) is 54.6 Å². The Hall–Kier alpha value is -2.28. The number of carbonyl (C=O) groups excluding carboxylic acids is 1. The van der Waals surface area contributed by atoms with Crippen LogP contribution in [0, 0.1) is 11.7 Å². The van der Waals surface area contributed by atoms with Gasteiger partial charge in [0.05, 0.1) is 18.6 Å². The quantitative estimate of drug-likeness (QED) is 0.744. The number of likely N-dealkylation sites (tertiary alicyclic amines) is 1. The number of hydrogen-bond acceptors (Lipinski definition) is 4. The second-order valence-electron chi connectivity index (χ2n) is 7.82. The van der Waals surface area contributed by atoms with Gasteiger partial charge in [0, 0.05) is 25.0 Å². The van der Waals surface area contributed by atoms with Crippen molar-refractivity contribution in [1.82, 2.24) is 21.1 Å². The number of hydrazine groups is 1. The Morgan fingerprint density at radius 2 is 2.04 bits per heavy atom. The van der Waals surface area contributed by atoms with E-state index in [1.807, 2.05) is 43.3 Å². The normalized spacial score (nSPS) is 25.9. The zero-order valence-electron chi connectivity index (χ0n) is 16.1. The number of carbonyl (C=O) groups is 1. The molecule has 0 spiro atoms. The summed E-state index contributed by atoms with van der Waals surface area (Å²) in [5.74, 6) is 0.121. The topological polar surface area (TPSA) is 56.4 Å². The number of fused-ring (bicyclic) bond motifs is 1. The molecule has 5 nitrogen and oxygen atoms in total. The number of hydrogen-bond donors (Lipinski definition) is 3. The molecule has 0 saturated carbocycles. The third-order valence-corrected chi connectivity index (χ3v) is 5.85. The van der Waals surface area contributed by atoms with Crippen LogP contribution >= 0.6 is 0 Å². The number of nitrogens with one attached hydrogen (secondary N) is 3. The van der Waals surface area contributed by atoms with Crippen molar-refractivity contribution in [3.05, 3.63) is 71.5 Å². The summed E-state index contributed by atoms with van der Waals surface area (Å²) in [6, 6.07) is 17.1. The Bertz CT molecular complexity index is 815. The van der Waals surface area contributed by atoms with Gasteiger partial charge in [-0.2, -0.15) is 0 Å². The molecule has 2 aromatic rings. The predicted molar refractivity (Wildman–Crippen MR) is 107 cm³/mol. The lowest BCUT2D eigenvalue weighted by molar-refractivity contribution is -0.123. The predicted octanol–water partition coefficient (Wildman–Crippen LogP) is 2.54. The van der Waals surface area contributed by atoms with E-state index in [2.05, 4.69) is 21.1 Å². The third kappa shape index (κ3) is 4.24. The van der Waals surface area contributed by atoms with E-state index in [0.717, 1.165) is 30.6 Å². The largest absolute Gasteiger partial charge is 0.348 e. The molecule has 0 aromatic heterocycles. The number of amides is 1. The number of rotatable bonds is 5. The summed E-state index contributed by atoms with van der Waals surface area (Å²) in [5, 5.41) is 3.09. The van der Waals surface area contributed by atoms with Crippen LogP contribution in [0.2, 0.25) is 0 Å². The van der Waals surface area contributed by atoms with Crippen molar-refractivity contribution in [2.75, 3.05) is 19.6 Å². The van der Waals surface area contributed by atoms with Gasteiger partial charge < -0.3 is 5.32 Å². The van der Waals surface area contributed by atoms with Crippen molar-refractivity contribution in [2.45, 2.75) is 31.5 Å². The van der Waals surface area contributed by atoms with Crippen LogP contribution in [-0.4, -0.2) is 36.5 Å². The second kappa shape index (κ2) is 8.39. The molecule has 2 aromatic carbocycles. The Balaban J connectivity index is 1.36. The van der Waals surface area contributed by atoms with Gasteiger partial charge in [0.1, 0.15) is 5.82 Å². The Morgan fingerprint density at radius 3 is 2.82 bits per heavy atom. The van der Waals surface area contributed by atoms with Crippen LogP contribution in [0.25, 0.3) is 0 Å². The molecule has 2 aliphatic heterocycles. The summed E-state index contributed by atoms with van der Waals surface area (Å²) < 4.78 is 13.6. The SMILES string of the molecule is CC(NC(=O)CN1CCC2NNC(c3cccc(F)c3)C2C1)c1ccccc1. The minimum absolute atomic E-state index is 0.0129. The first-order valence-electron chi connectivity index (χ1n) is 9.93. The molecule has 4 unspecified atom stereocenters. The maximum Gasteiger partial charge on any atom is 0.234 e. The van der Waals surface area contributed by atoms with E-state index in [1.165, 1.54) is 6.07 Å². The molecule has 6 heteroatoms. The fourth-order valence-electron chi connectivity index (χ4n) is 4.36. The molecule has 4 atom stereocenters. The van der Waals surface area contributed by atoms with E-state index in [-0.39, 0.29) is 23.8 Å². The van der Waals surface area contributed by atoms with Crippen LogP contribution < -0.4 is 16.2 Å². The molecule has 2 aliphatic rings. The van der Waals surface area contributed by atoms with Crippen LogP contribution in [-0.2, 0) is 4.79 Å². The number of benzene rings is 2. The number of nitrogens with zero attached hydrogens (tertiary/aromatic N) is 1.